The van der Waals surface area contributed by atoms with Crippen LogP contribution in [0.1, 0.15) is 25.3 Å². The van der Waals surface area contributed by atoms with Crippen LogP contribution in [0.3, 0.4) is 0 Å². The average molecular weight is 216 g/mol. The van der Waals surface area contributed by atoms with Crippen LogP contribution in [-0.4, -0.2) is 12.2 Å². The van der Waals surface area contributed by atoms with Crippen LogP contribution in [0.5, 0.6) is 11.5 Å². The molecule has 0 amide bonds. The summed E-state index contributed by atoms with van der Waals surface area (Å²) in [6.07, 6.45) is 0. The third kappa shape index (κ3) is 1.73. The van der Waals surface area contributed by atoms with Gasteiger partial charge in [0.05, 0.1) is 17.8 Å². The van der Waals surface area contributed by atoms with Gasteiger partial charge in [-0.1, -0.05) is 25.4 Å². The van der Waals surface area contributed by atoms with Gasteiger partial charge in [-0.15, -0.1) is 0 Å². The Labute approximate surface area is 88.4 Å². The Balaban J connectivity index is 3.40. The Bertz CT molecular complexity index is 350. The van der Waals surface area contributed by atoms with Gasteiger partial charge in [-0.3, -0.25) is 0 Å². The number of nitrogen functional groups attached to an aromatic ring is 1. The molecule has 0 radical (unpaired) electrons. The highest BCUT2D eigenvalue weighted by Gasteiger charge is 2.16. The largest absolute Gasteiger partial charge is 0.503 e. The lowest BCUT2D eigenvalue weighted by Gasteiger charge is -2.14. The number of ether oxygens (including phenoxy) is 1. The molecule has 0 aliphatic heterocycles. The highest BCUT2D eigenvalue weighted by molar-refractivity contribution is 6.34. The van der Waals surface area contributed by atoms with Gasteiger partial charge in [0.25, 0.3) is 0 Å². The number of anilines is 1. The molecule has 0 unspecified atom stereocenters. The van der Waals surface area contributed by atoms with Crippen LogP contribution in [0, 0.1) is 0 Å². The molecule has 0 aromatic heterocycles. The molecule has 14 heavy (non-hydrogen) atoms. The van der Waals surface area contributed by atoms with E-state index in [9.17, 15) is 5.11 Å². The van der Waals surface area contributed by atoms with Gasteiger partial charge in [0, 0.05) is 0 Å². The van der Waals surface area contributed by atoms with Crippen LogP contribution < -0.4 is 10.5 Å². The second-order valence-electron chi connectivity index (χ2n) is 3.40. The molecule has 0 heterocycles. The standard InChI is InChI=1S/C10H14ClNO2/c1-5(2)6-4-7(14-3)10(13)9(12)8(6)11/h4-5,13H,12H2,1-3H3. The zero-order valence-electron chi connectivity index (χ0n) is 8.47. The molecule has 3 nitrogen and oxygen atoms in total. The normalized spacial score (nSPS) is 10.6. The van der Waals surface area contributed by atoms with Gasteiger partial charge in [-0.2, -0.15) is 0 Å². The number of methoxy groups -OCH3 is 1. The first-order valence-corrected chi connectivity index (χ1v) is 4.71. The molecule has 1 aromatic carbocycles. The Morgan fingerprint density at radius 1 is 1.50 bits per heavy atom. The lowest BCUT2D eigenvalue weighted by molar-refractivity contribution is 0.374. The summed E-state index contributed by atoms with van der Waals surface area (Å²) < 4.78 is 4.98. The fourth-order valence-electron chi connectivity index (χ4n) is 1.24. The van der Waals surface area contributed by atoms with Gasteiger partial charge in [-0.05, 0) is 17.5 Å². The van der Waals surface area contributed by atoms with E-state index in [2.05, 4.69) is 0 Å². The minimum absolute atomic E-state index is 0.0955. The lowest BCUT2D eigenvalue weighted by atomic mass is 10.0. The van der Waals surface area contributed by atoms with E-state index in [-0.39, 0.29) is 17.4 Å². The molecule has 1 rings (SSSR count). The van der Waals surface area contributed by atoms with E-state index in [1.54, 1.807) is 6.07 Å². The van der Waals surface area contributed by atoms with E-state index in [0.717, 1.165) is 5.56 Å². The molecule has 0 aliphatic rings. The number of rotatable bonds is 2. The van der Waals surface area contributed by atoms with Crippen molar-refractivity contribution >= 4 is 17.3 Å². The zero-order chi connectivity index (χ0) is 10.9. The van der Waals surface area contributed by atoms with Crippen molar-refractivity contribution < 1.29 is 9.84 Å². The van der Waals surface area contributed by atoms with Crippen LogP contribution in [0.25, 0.3) is 0 Å². The van der Waals surface area contributed by atoms with Crippen molar-refractivity contribution in [1.29, 1.82) is 0 Å². The molecule has 0 atom stereocenters. The first-order valence-electron chi connectivity index (χ1n) is 4.33. The summed E-state index contributed by atoms with van der Waals surface area (Å²) in [7, 11) is 1.48. The molecule has 1 aromatic rings. The van der Waals surface area contributed by atoms with Gasteiger partial charge in [0.1, 0.15) is 0 Å². The van der Waals surface area contributed by atoms with Crippen LogP contribution in [0.15, 0.2) is 6.07 Å². The van der Waals surface area contributed by atoms with Crippen molar-refractivity contribution in [2.75, 3.05) is 12.8 Å². The molecule has 0 fully saturated rings. The van der Waals surface area contributed by atoms with Crippen LogP contribution in [-0.2, 0) is 0 Å². The Kier molecular flexibility index (Phi) is 3.11. The predicted molar refractivity (Wildman–Crippen MR) is 58.2 cm³/mol. The maximum Gasteiger partial charge on any atom is 0.182 e. The van der Waals surface area contributed by atoms with Gasteiger partial charge in [0.15, 0.2) is 11.5 Å². The van der Waals surface area contributed by atoms with Crippen molar-refractivity contribution in [1.82, 2.24) is 0 Å². The minimum atomic E-state index is -0.0955. The van der Waals surface area contributed by atoms with Gasteiger partial charge < -0.3 is 15.6 Å². The summed E-state index contributed by atoms with van der Waals surface area (Å²) in [5.74, 6) is 0.497. The zero-order valence-corrected chi connectivity index (χ0v) is 9.22. The van der Waals surface area contributed by atoms with E-state index >= 15 is 0 Å². The predicted octanol–water partition coefficient (Wildman–Crippen LogP) is 2.76. The molecule has 0 spiro atoms. The third-order valence-electron chi connectivity index (χ3n) is 2.11. The third-order valence-corrected chi connectivity index (χ3v) is 2.53. The van der Waals surface area contributed by atoms with E-state index in [4.69, 9.17) is 22.1 Å². The number of nitrogens with two attached hydrogens (primary N) is 1. The van der Waals surface area contributed by atoms with E-state index in [1.165, 1.54) is 7.11 Å². The fraction of sp³-hybridized carbons (Fsp3) is 0.400. The Morgan fingerprint density at radius 2 is 2.07 bits per heavy atom. The SMILES string of the molecule is COc1cc(C(C)C)c(Cl)c(N)c1O. The maximum absolute atomic E-state index is 9.55. The van der Waals surface area contributed by atoms with Crippen molar-refractivity contribution in [3.63, 3.8) is 0 Å². The topological polar surface area (TPSA) is 55.5 Å². The highest BCUT2D eigenvalue weighted by Crippen LogP contribution is 2.42. The summed E-state index contributed by atoms with van der Waals surface area (Å²) in [6, 6.07) is 1.71. The summed E-state index contributed by atoms with van der Waals surface area (Å²) in [5, 5.41) is 9.95. The van der Waals surface area contributed by atoms with Crippen molar-refractivity contribution in [3.05, 3.63) is 16.7 Å². The molecule has 0 saturated carbocycles. The van der Waals surface area contributed by atoms with Gasteiger partial charge >= 0.3 is 0 Å². The first-order chi connectivity index (χ1) is 6.49. The number of halogens is 1. The second-order valence-corrected chi connectivity index (χ2v) is 3.78. The van der Waals surface area contributed by atoms with Gasteiger partial charge in [0.2, 0.25) is 0 Å². The summed E-state index contributed by atoms with van der Waals surface area (Å²) in [5.41, 5.74) is 6.68. The lowest BCUT2D eigenvalue weighted by Crippen LogP contribution is -1.97. The highest BCUT2D eigenvalue weighted by atomic mass is 35.5. The van der Waals surface area contributed by atoms with E-state index in [1.807, 2.05) is 13.8 Å². The van der Waals surface area contributed by atoms with Crippen LogP contribution in [0.2, 0.25) is 5.02 Å². The summed E-state index contributed by atoms with van der Waals surface area (Å²) in [4.78, 5) is 0. The molecule has 3 N–H and O–H groups in total. The second kappa shape index (κ2) is 3.96. The maximum atomic E-state index is 9.55. The monoisotopic (exact) mass is 215 g/mol. The van der Waals surface area contributed by atoms with Crippen molar-refractivity contribution in [2.24, 2.45) is 0 Å². The Hall–Kier alpha value is -1.09. The molecular weight excluding hydrogens is 202 g/mol. The number of hydrogen-bond donors (Lipinski definition) is 2. The number of hydrogen-bond acceptors (Lipinski definition) is 3. The summed E-state index contributed by atoms with van der Waals surface area (Å²) >= 11 is 5.98. The smallest absolute Gasteiger partial charge is 0.182 e. The average Bonchev–Trinajstić information content (AvgIpc) is 2.14. The molecule has 0 bridgehead atoms. The molecular formula is C10H14ClNO2. The van der Waals surface area contributed by atoms with Crippen LogP contribution in [0.4, 0.5) is 5.69 Å². The first kappa shape index (κ1) is 11.0. The molecule has 78 valence electrons. The number of aromatic hydroxyl groups is 1. The van der Waals surface area contributed by atoms with Crippen LogP contribution >= 0.6 is 11.6 Å². The molecule has 4 heteroatoms. The summed E-state index contributed by atoms with van der Waals surface area (Å²) in [6.45, 7) is 3.99. The molecule has 0 aliphatic carbocycles. The van der Waals surface area contributed by atoms with Gasteiger partial charge in [-0.25, -0.2) is 0 Å². The van der Waals surface area contributed by atoms with E-state index in [0.29, 0.717) is 10.8 Å². The number of phenols is 1. The van der Waals surface area contributed by atoms with E-state index < -0.39 is 0 Å². The Morgan fingerprint density at radius 3 is 2.50 bits per heavy atom. The number of benzene rings is 1. The van der Waals surface area contributed by atoms with Crippen molar-refractivity contribution in [3.8, 4) is 11.5 Å². The van der Waals surface area contributed by atoms with Crippen molar-refractivity contribution in [2.45, 2.75) is 19.8 Å². The fourth-order valence-corrected chi connectivity index (χ4v) is 1.60. The minimum Gasteiger partial charge on any atom is -0.503 e. The molecule has 0 saturated heterocycles. The quantitative estimate of drug-likeness (QED) is 0.589. The number of phenolic OH excluding ortho intramolecular Hbond substituents is 1.